The Balaban J connectivity index is 2.99. The van der Waals surface area contributed by atoms with Gasteiger partial charge in [-0.3, -0.25) is 4.79 Å². The second-order valence-electron chi connectivity index (χ2n) is 3.74. The van der Waals surface area contributed by atoms with Crippen LogP contribution in [0.3, 0.4) is 0 Å². The summed E-state index contributed by atoms with van der Waals surface area (Å²) in [7, 11) is 2.98. The van der Waals surface area contributed by atoms with Crippen LogP contribution in [0, 0.1) is 11.8 Å². The monoisotopic (exact) mass is 263 g/mol. The van der Waals surface area contributed by atoms with E-state index in [1.807, 2.05) is 0 Å². The van der Waals surface area contributed by atoms with Gasteiger partial charge in [0.25, 0.3) is 5.91 Å². The van der Waals surface area contributed by atoms with Crippen molar-refractivity contribution in [2.75, 3.05) is 26.1 Å². The fraction of sp³-hybridized carbons (Fsp3) is 0.357. The fourth-order valence-electron chi connectivity index (χ4n) is 1.37. The number of aliphatic hydroxyl groups is 1. The summed E-state index contributed by atoms with van der Waals surface area (Å²) in [6.45, 7) is 1.44. The highest BCUT2D eigenvalue weighted by Gasteiger charge is 2.14. The Labute approximate surface area is 112 Å². The van der Waals surface area contributed by atoms with Crippen LogP contribution in [0.5, 0.6) is 5.75 Å². The highest BCUT2D eigenvalue weighted by molar-refractivity contribution is 5.95. The standard InChI is InChI=1S/C14H17NO4/c1-10(18-2)14(17)15-12-9-11(5-4-8-16)6-7-13(12)19-3/h6-7,9-10,16H,8H2,1-3H3,(H,15,17). The molecule has 1 rings (SSSR count). The highest BCUT2D eigenvalue weighted by atomic mass is 16.5. The van der Waals surface area contributed by atoms with Gasteiger partial charge in [0, 0.05) is 12.7 Å². The zero-order chi connectivity index (χ0) is 14.3. The van der Waals surface area contributed by atoms with Gasteiger partial charge in [-0.15, -0.1) is 0 Å². The van der Waals surface area contributed by atoms with Crippen LogP contribution in [0.1, 0.15) is 12.5 Å². The normalized spacial score (nSPS) is 11.2. The van der Waals surface area contributed by atoms with Crippen molar-refractivity contribution in [1.82, 2.24) is 0 Å². The molecule has 0 aromatic heterocycles. The minimum atomic E-state index is -0.558. The van der Waals surface area contributed by atoms with Gasteiger partial charge in [0.05, 0.1) is 12.8 Å². The Hall–Kier alpha value is -2.03. The molecule has 0 aliphatic carbocycles. The van der Waals surface area contributed by atoms with E-state index in [0.717, 1.165) is 0 Å². The maximum atomic E-state index is 11.8. The SMILES string of the molecule is COc1ccc(C#CCO)cc1NC(=O)C(C)OC. The van der Waals surface area contributed by atoms with E-state index in [1.54, 1.807) is 25.1 Å². The summed E-state index contributed by atoms with van der Waals surface area (Å²) in [6.07, 6.45) is -0.558. The fourth-order valence-corrected chi connectivity index (χ4v) is 1.37. The van der Waals surface area contributed by atoms with E-state index in [0.29, 0.717) is 17.0 Å². The highest BCUT2D eigenvalue weighted by Crippen LogP contribution is 2.25. The van der Waals surface area contributed by atoms with Crippen molar-refractivity contribution in [2.45, 2.75) is 13.0 Å². The molecule has 1 aromatic rings. The maximum absolute atomic E-state index is 11.8. The summed E-state index contributed by atoms with van der Waals surface area (Å²) in [6, 6.07) is 5.13. The zero-order valence-corrected chi connectivity index (χ0v) is 11.2. The molecule has 2 N–H and O–H groups in total. The molecule has 0 fully saturated rings. The number of ether oxygens (including phenoxy) is 2. The van der Waals surface area contributed by atoms with Crippen molar-refractivity contribution < 1.29 is 19.4 Å². The number of carbonyl (C=O) groups excluding carboxylic acids is 1. The van der Waals surface area contributed by atoms with Crippen molar-refractivity contribution >= 4 is 11.6 Å². The van der Waals surface area contributed by atoms with E-state index < -0.39 is 6.10 Å². The third kappa shape index (κ3) is 4.28. The average Bonchev–Trinajstić information content (AvgIpc) is 2.44. The van der Waals surface area contributed by atoms with Crippen LogP contribution in [-0.2, 0) is 9.53 Å². The number of anilines is 1. The zero-order valence-electron chi connectivity index (χ0n) is 11.2. The number of rotatable bonds is 4. The summed E-state index contributed by atoms with van der Waals surface area (Å²) in [5.41, 5.74) is 1.19. The molecule has 19 heavy (non-hydrogen) atoms. The largest absolute Gasteiger partial charge is 0.495 e. The number of hydrogen-bond donors (Lipinski definition) is 2. The molecule has 102 valence electrons. The summed E-state index contributed by atoms with van der Waals surface area (Å²) in [5.74, 6) is 5.57. The number of carbonyl (C=O) groups is 1. The molecule has 0 saturated carbocycles. The number of aliphatic hydroxyl groups excluding tert-OH is 1. The number of nitrogens with one attached hydrogen (secondary N) is 1. The molecule has 0 spiro atoms. The van der Waals surface area contributed by atoms with E-state index in [1.165, 1.54) is 14.2 Å². The van der Waals surface area contributed by atoms with Crippen molar-refractivity contribution in [1.29, 1.82) is 0 Å². The first-order valence-electron chi connectivity index (χ1n) is 5.73. The molecule has 1 aromatic carbocycles. The summed E-state index contributed by atoms with van der Waals surface area (Å²) in [5, 5.41) is 11.4. The number of benzene rings is 1. The third-order valence-corrected chi connectivity index (χ3v) is 2.49. The molecule has 1 atom stereocenters. The van der Waals surface area contributed by atoms with E-state index >= 15 is 0 Å². The molecular formula is C14H17NO4. The Morgan fingerprint density at radius 1 is 1.47 bits per heavy atom. The second-order valence-corrected chi connectivity index (χ2v) is 3.74. The molecule has 0 aliphatic rings. The van der Waals surface area contributed by atoms with Gasteiger partial charge in [-0.1, -0.05) is 11.8 Å². The average molecular weight is 263 g/mol. The van der Waals surface area contributed by atoms with Gasteiger partial charge in [0.15, 0.2) is 0 Å². The molecule has 5 heteroatoms. The van der Waals surface area contributed by atoms with Crippen LogP contribution in [0.4, 0.5) is 5.69 Å². The Kier molecular flexibility index (Phi) is 5.86. The molecular weight excluding hydrogens is 246 g/mol. The summed E-state index contributed by atoms with van der Waals surface area (Å²) >= 11 is 0. The minimum absolute atomic E-state index is 0.214. The van der Waals surface area contributed by atoms with Crippen LogP contribution in [-0.4, -0.2) is 37.9 Å². The number of methoxy groups -OCH3 is 2. The van der Waals surface area contributed by atoms with E-state index in [-0.39, 0.29) is 12.5 Å². The van der Waals surface area contributed by atoms with Gasteiger partial charge < -0.3 is 19.9 Å². The molecule has 5 nitrogen and oxygen atoms in total. The van der Waals surface area contributed by atoms with Gasteiger partial charge >= 0.3 is 0 Å². The van der Waals surface area contributed by atoms with Gasteiger partial charge in [-0.05, 0) is 25.1 Å². The van der Waals surface area contributed by atoms with E-state index in [9.17, 15) is 4.79 Å². The van der Waals surface area contributed by atoms with Crippen molar-refractivity contribution in [3.05, 3.63) is 23.8 Å². The molecule has 0 heterocycles. The van der Waals surface area contributed by atoms with Crippen LogP contribution in [0.15, 0.2) is 18.2 Å². The molecule has 0 aliphatic heterocycles. The van der Waals surface area contributed by atoms with E-state index in [4.69, 9.17) is 14.6 Å². The predicted molar refractivity (Wildman–Crippen MR) is 72.1 cm³/mol. The lowest BCUT2D eigenvalue weighted by Crippen LogP contribution is -2.26. The lowest BCUT2D eigenvalue weighted by Gasteiger charge is -2.13. The molecule has 0 bridgehead atoms. The molecule has 1 amide bonds. The second kappa shape index (κ2) is 7.41. The van der Waals surface area contributed by atoms with Gasteiger partial charge in [0.2, 0.25) is 0 Å². The van der Waals surface area contributed by atoms with Crippen LogP contribution < -0.4 is 10.1 Å². The first-order valence-corrected chi connectivity index (χ1v) is 5.73. The van der Waals surface area contributed by atoms with Gasteiger partial charge in [-0.25, -0.2) is 0 Å². The van der Waals surface area contributed by atoms with Crippen LogP contribution >= 0.6 is 0 Å². The van der Waals surface area contributed by atoms with Crippen LogP contribution in [0.25, 0.3) is 0 Å². The number of amides is 1. The minimum Gasteiger partial charge on any atom is -0.495 e. The van der Waals surface area contributed by atoms with E-state index in [2.05, 4.69) is 17.2 Å². The smallest absolute Gasteiger partial charge is 0.253 e. The Bertz CT molecular complexity index is 502. The van der Waals surface area contributed by atoms with Crippen molar-refractivity contribution in [3.8, 4) is 17.6 Å². The molecule has 0 radical (unpaired) electrons. The summed E-state index contributed by atoms with van der Waals surface area (Å²) < 4.78 is 10.1. The third-order valence-electron chi connectivity index (χ3n) is 2.49. The molecule has 1 unspecified atom stereocenters. The first-order chi connectivity index (χ1) is 9.12. The quantitative estimate of drug-likeness (QED) is 0.796. The lowest BCUT2D eigenvalue weighted by atomic mass is 10.2. The molecule has 0 saturated heterocycles. The Morgan fingerprint density at radius 2 is 2.21 bits per heavy atom. The number of hydrogen-bond acceptors (Lipinski definition) is 4. The Morgan fingerprint density at radius 3 is 2.79 bits per heavy atom. The topological polar surface area (TPSA) is 67.8 Å². The van der Waals surface area contributed by atoms with Gasteiger partial charge in [-0.2, -0.15) is 0 Å². The maximum Gasteiger partial charge on any atom is 0.253 e. The predicted octanol–water partition coefficient (Wildman–Crippen LogP) is 1.01. The van der Waals surface area contributed by atoms with Crippen LogP contribution in [0.2, 0.25) is 0 Å². The summed E-state index contributed by atoms with van der Waals surface area (Å²) in [4.78, 5) is 11.8. The van der Waals surface area contributed by atoms with Crippen molar-refractivity contribution in [3.63, 3.8) is 0 Å². The first kappa shape index (κ1) is 15.0. The van der Waals surface area contributed by atoms with Crippen molar-refractivity contribution in [2.24, 2.45) is 0 Å². The lowest BCUT2D eigenvalue weighted by molar-refractivity contribution is -0.124. The van der Waals surface area contributed by atoms with Gasteiger partial charge in [0.1, 0.15) is 18.5 Å².